The third kappa shape index (κ3) is 3.64. The summed E-state index contributed by atoms with van der Waals surface area (Å²) in [5.74, 6) is 0.287. The van der Waals surface area contributed by atoms with Gasteiger partial charge in [0.1, 0.15) is 0 Å². The molecule has 0 fully saturated rings. The van der Waals surface area contributed by atoms with Gasteiger partial charge in [-0.3, -0.25) is 0 Å². The first-order valence-electron chi connectivity index (χ1n) is 3.59. The van der Waals surface area contributed by atoms with Gasteiger partial charge in [-0.25, -0.2) is 0 Å². The second-order valence-corrected chi connectivity index (χ2v) is 2.57. The van der Waals surface area contributed by atoms with Crippen LogP contribution in [0.5, 0.6) is 0 Å². The molecule has 0 unspecified atom stereocenters. The Bertz CT molecular complexity index is 93.4. The van der Waals surface area contributed by atoms with Crippen molar-refractivity contribution in [2.24, 2.45) is 5.92 Å². The highest BCUT2D eigenvalue weighted by atomic mass is 16.3. The number of hydrogen-bond donors (Lipinski definition) is 2. The fourth-order valence-corrected chi connectivity index (χ4v) is 0.949. The van der Waals surface area contributed by atoms with Crippen molar-refractivity contribution in [1.29, 1.82) is 0 Å². The zero-order chi connectivity index (χ0) is 7.98. The van der Waals surface area contributed by atoms with Crippen LogP contribution < -0.4 is 0 Å². The second-order valence-electron chi connectivity index (χ2n) is 2.57. The van der Waals surface area contributed by atoms with Crippen LogP contribution in [0.25, 0.3) is 0 Å². The first-order chi connectivity index (χ1) is 4.72. The standard InChI is InChI=1S/C8H16O2/c1-7(2)8(3-5-9)4-6-10/h8-10H,1,3-6H2,2H3. The minimum Gasteiger partial charge on any atom is -0.396 e. The lowest BCUT2D eigenvalue weighted by molar-refractivity contribution is 0.229. The number of rotatable bonds is 5. The summed E-state index contributed by atoms with van der Waals surface area (Å²) in [4.78, 5) is 0. The van der Waals surface area contributed by atoms with Crippen molar-refractivity contribution >= 4 is 0 Å². The molecule has 2 N–H and O–H groups in total. The van der Waals surface area contributed by atoms with Gasteiger partial charge in [-0.05, 0) is 25.7 Å². The molecule has 0 aliphatic rings. The Morgan fingerprint density at radius 1 is 1.30 bits per heavy atom. The lowest BCUT2D eigenvalue weighted by atomic mass is 9.95. The lowest BCUT2D eigenvalue weighted by Crippen LogP contribution is -2.06. The summed E-state index contributed by atoms with van der Waals surface area (Å²) in [6, 6.07) is 0. The minimum atomic E-state index is 0.178. The summed E-state index contributed by atoms with van der Waals surface area (Å²) < 4.78 is 0. The van der Waals surface area contributed by atoms with Gasteiger partial charge in [-0.2, -0.15) is 0 Å². The summed E-state index contributed by atoms with van der Waals surface area (Å²) in [5, 5.41) is 17.2. The average molecular weight is 144 g/mol. The highest BCUT2D eigenvalue weighted by Gasteiger charge is 2.06. The van der Waals surface area contributed by atoms with Crippen LogP contribution in [0.15, 0.2) is 12.2 Å². The Labute approximate surface area is 62.2 Å². The molecule has 0 bridgehead atoms. The van der Waals surface area contributed by atoms with E-state index in [0.717, 1.165) is 18.4 Å². The highest BCUT2D eigenvalue weighted by Crippen LogP contribution is 2.15. The van der Waals surface area contributed by atoms with Crippen molar-refractivity contribution < 1.29 is 10.2 Å². The Kier molecular flexibility index (Phi) is 5.26. The number of aliphatic hydroxyl groups excluding tert-OH is 2. The molecule has 10 heavy (non-hydrogen) atoms. The summed E-state index contributed by atoms with van der Waals surface area (Å²) in [6.07, 6.45) is 1.44. The van der Waals surface area contributed by atoms with Crippen molar-refractivity contribution in [2.75, 3.05) is 13.2 Å². The zero-order valence-electron chi connectivity index (χ0n) is 6.51. The van der Waals surface area contributed by atoms with Gasteiger partial charge in [-0.1, -0.05) is 12.2 Å². The predicted molar refractivity (Wildman–Crippen MR) is 41.7 cm³/mol. The third-order valence-electron chi connectivity index (χ3n) is 1.65. The van der Waals surface area contributed by atoms with Crippen molar-refractivity contribution in [2.45, 2.75) is 19.8 Å². The first-order valence-corrected chi connectivity index (χ1v) is 3.59. The smallest absolute Gasteiger partial charge is 0.0436 e. The van der Waals surface area contributed by atoms with E-state index in [0.29, 0.717) is 0 Å². The van der Waals surface area contributed by atoms with Crippen LogP contribution in [0.2, 0.25) is 0 Å². The van der Waals surface area contributed by atoms with E-state index in [-0.39, 0.29) is 19.1 Å². The van der Waals surface area contributed by atoms with Crippen molar-refractivity contribution in [3.8, 4) is 0 Å². The van der Waals surface area contributed by atoms with Crippen LogP contribution in [0, 0.1) is 5.92 Å². The van der Waals surface area contributed by atoms with E-state index in [4.69, 9.17) is 10.2 Å². The fourth-order valence-electron chi connectivity index (χ4n) is 0.949. The van der Waals surface area contributed by atoms with E-state index < -0.39 is 0 Å². The molecule has 60 valence electrons. The molecule has 0 radical (unpaired) electrons. The number of hydrogen-bond acceptors (Lipinski definition) is 2. The first kappa shape index (κ1) is 9.66. The Hall–Kier alpha value is -0.340. The van der Waals surface area contributed by atoms with Gasteiger partial charge in [0.15, 0.2) is 0 Å². The molecule has 0 aromatic rings. The van der Waals surface area contributed by atoms with Gasteiger partial charge in [0.25, 0.3) is 0 Å². The minimum absolute atomic E-state index is 0.178. The molecule has 0 aromatic carbocycles. The maximum Gasteiger partial charge on any atom is 0.0436 e. The molecule has 0 saturated heterocycles. The molecule has 0 heterocycles. The van der Waals surface area contributed by atoms with E-state index in [1.165, 1.54) is 0 Å². The maximum absolute atomic E-state index is 8.59. The predicted octanol–water partition coefficient (Wildman–Crippen LogP) is 0.944. The summed E-state index contributed by atoms with van der Waals surface area (Å²) in [5.41, 5.74) is 1.04. The topological polar surface area (TPSA) is 40.5 Å². The molecule has 0 atom stereocenters. The normalized spacial score (nSPS) is 10.4. The molecular weight excluding hydrogens is 128 g/mol. The molecule has 0 saturated carbocycles. The maximum atomic E-state index is 8.59. The number of allylic oxidation sites excluding steroid dienone is 1. The number of aliphatic hydroxyl groups is 2. The Morgan fingerprint density at radius 2 is 1.70 bits per heavy atom. The van der Waals surface area contributed by atoms with Gasteiger partial charge in [0, 0.05) is 13.2 Å². The van der Waals surface area contributed by atoms with Crippen LogP contribution in [0.4, 0.5) is 0 Å². The monoisotopic (exact) mass is 144 g/mol. The molecule has 0 aliphatic heterocycles. The van der Waals surface area contributed by atoms with Gasteiger partial charge in [0.2, 0.25) is 0 Å². The van der Waals surface area contributed by atoms with Crippen molar-refractivity contribution in [1.82, 2.24) is 0 Å². The molecule has 2 nitrogen and oxygen atoms in total. The average Bonchev–Trinajstić information content (AvgIpc) is 1.87. The van der Waals surface area contributed by atoms with E-state index in [1.807, 2.05) is 6.92 Å². The molecule has 0 rings (SSSR count). The van der Waals surface area contributed by atoms with Crippen molar-refractivity contribution in [3.63, 3.8) is 0 Å². The second kappa shape index (κ2) is 5.45. The summed E-state index contributed by atoms with van der Waals surface area (Å²) in [7, 11) is 0. The fraction of sp³-hybridized carbons (Fsp3) is 0.750. The molecule has 0 spiro atoms. The summed E-state index contributed by atoms with van der Waals surface area (Å²) >= 11 is 0. The molecule has 0 aliphatic carbocycles. The Morgan fingerprint density at radius 3 is 1.90 bits per heavy atom. The molecule has 2 heteroatoms. The largest absolute Gasteiger partial charge is 0.396 e. The SMILES string of the molecule is C=C(C)C(CCO)CCO. The van der Waals surface area contributed by atoms with E-state index in [1.54, 1.807) is 0 Å². The lowest BCUT2D eigenvalue weighted by Gasteiger charge is -2.13. The van der Waals surface area contributed by atoms with Gasteiger partial charge < -0.3 is 10.2 Å². The van der Waals surface area contributed by atoms with Crippen LogP contribution in [-0.4, -0.2) is 23.4 Å². The van der Waals surface area contributed by atoms with Crippen LogP contribution in [0.1, 0.15) is 19.8 Å². The molecule has 0 aromatic heterocycles. The van der Waals surface area contributed by atoms with Crippen molar-refractivity contribution in [3.05, 3.63) is 12.2 Å². The molecule has 0 amide bonds. The zero-order valence-corrected chi connectivity index (χ0v) is 6.51. The Balaban J connectivity index is 3.61. The van der Waals surface area contributed by atoms with Gasteiger partial charge in [0.05, 0.1) is 0 Å². The molecular formula is C8H16O2. The van der Waals surface area contributed by atoms with E-state index in [9.17, 15) is 0 Å². The van der Waals surface area contributed by atoms with E-state index >= 15 is 0 Å². The van der Waals surface area contributed by atoms with E-state index in [2.05, 4.69) is 6.58 Å². The van der Waals surface area contributed by atoms with Gasteiger partial charge in [-0.15, -0.1) is 0 Å². The van der Waals surface area contributed by atoms with Crippen LogP contribution in [-0.2, 0) is 0 Å². The van der Waals surface area contributed by atoms with Crippen LogP contribution >= 0.6 is 0 Å². The quantitative estimate of drug-likeness (QED) is 0.564. The summed E-state index contributed by atoms with van der Waals surface area (Å²) in [6.45, 7) is 6.05. The van der Waals surface area contributed by atoms with Gasteiger partial charge >= 0.3 is 0 Å². The highest BCUT2D eigenvalue weighted by molar-refractivity contribution is 4.95. The van der Waals surface area contributed by atoms with Crippen LogP contribution in [0.3, 0.4) is 0 Å². The third-order valence-corrected chi connectivity index (χ3v) is 1.65.